The second kappa shape index (κ2) is 7.92. The van der Waals surface area contributed by atoms with Crippen LogP contribution in [0.1, 0.15) is 18.4 Å². The summed E-state index contributed by atoms with van der Waals surface area (Å²) in [6, 6.07) is 8.66. The first-order chi connectivity index (χ1) is 9.11. The zero-order valence-electron chi connectivity index (χ0n) is 10.6. The predicted octanol–water partition coefficient (Wildman–Crippen LogP) is 1.91. The molecule has 0 aromatic heterocycles. The molecule has 2 amide bonds. The smallest absolute Gasteiger partial charge is 0.315 e. The molecule has 3 N–H and O–H groups in total. The van der Waals surface area contributed by atoms with Crippen molar-refractivity contribution in [2.45, 2.75) is 25.4 Å². The summed E-state index contributed by atoms with van der Waals surface area (Å²) in [6.45, 7) is 3.95. The lowest BCUT2D eigenvalue weighted by Crippen LogP contribution is -2.42. The number of urea groups is 1. The average Bonchev–Trinajstić information content (AvgIpc) is 2.37. The van der Waals surface area contributed by atoms with Crippen molar-refractivity contribution >= 4 is 12.0 Å². The molecule has 0 heterocycles. The van der Waals surface area contributed by atoms with Crippen LogP contribution in [0.2, 0.25) is 0 Å². The fraction of sp³-hybridized carbons (Fsp3) is 0.286. The molecule has 5 heteroatoms. The van der Waals surface area contributed by atoms with E-state index in [2.05, 4.69) is 17.2 Å². The highest BCUT2D eigenvalue weighted by atomic mass is 16.4. The van der Waals surface area contributed by atoms with E-state index in [4.69, 9.17) is 5.11 Å². The van der Waals surface area contributed by atoms with Gasteiger partial charge in [0.1, 0.15) is 0 Å². The number of benzene rings is 1. The average molecular weight is 262 g/mol. The van der Waals surface area contributed by atoms with Gasteiger partial charge in [0.05, 0.1) is 6.42 Å². The molecule has 0 aliphatic carbocycles. The summed E-state index contributed by atoms with van der Waals surface area (Å²) in [6.07, 6.45) is 1.89. The maximum Gasteiger partial charge on any atom is 0.315 e. The van der Waals surface area contributed by atoms with Gasteiger partial charge in [-0.2, -0.15) is 0 Å². The Kier molecular flexibility index (Phi) is 6.15. The number of amides is 2. The van der Waals surface area contributed by atoms with Crippen LogP contribution in [0.5, 0.6) is 0 Å². The molecule has 0 saturated carbocycles. The third-order valence-electron chi connectivity index (χ3n) is 2.50. The van der Waals surface area contributed by atoms with Gasteiger partial charge >= 0.3 is 12.0 Å². The molecule has 0 aliphatic heterocycles. The molecule has 1 aromatic rings. The second-order valence-electron chi connectivity index (χ2n) is 4.13. The molecule has 19 heavy (non-hydrogen) atoms. The maximum absolute atomic E-state index is 11.6. The van der Waals surface area contributed by atoms with Crippen LogP contribution in [0, 0.1) is 0 Å². The summed E-state index contributed by atoms with van der Waals surface area (Å²) in [5, 5.41) is 14.0. The van der Waals surface area contributed by atoms with Gasteiger partial charge in [-0.1, -0.05) is 36.4 Å². The number of hydrogen-bond acceptors (Lipinski definition) is 2. The summed E-state index contributed by atoms with van der Waals surface area (Å²) in [7, 11) is 0. The maximum atomic E-state index is 11.6. The van der Waals surface area contributed by atoms with E-state index >= 15 is 0 Å². The van der Waals surface area contributed by atoms with Crippen LogP contribution in [0.15, 0.2) is 43.0 Å². The van der Waals surface area contributed by atoms with Crippen LogP contribution in [0.4, 0.5) is 4.79 Å². The normalized spacial score (nSPS) is 11.4. The van der Waals surface area contributed by atoms with E-state index in [9.17, 15) is 9.59 Å². The molecular formula is C14H18N2O3. The molecule has 5 nitrogen and oxygen atoms in total. The van der Waals surface area contributed by atoms with E-state index < -0.39 is 12.0 Å². The number of aliphatic carboxylic acids is 1. The standard InChI is InChI=1S/C14H18N2O3/c1-2-6-12(9-13(17)18)16-14(19)15-10-11-7-4-3-5-8-11/h2-5,7-8,12H,1,6,9-10H2,(H,17,18)(H2,15,16,19)/t12-/m1/s1. The van der Waals surface area contributed by atoms with Crippen molar-refractivity contribution in [3.05, 3.63) is 48.6 Å². The van der Waals surface area contributed by atoms with E-state index in [1.807, 2.05) is 30.3 Å². The third kappa shape index (κ3) is 6.26. The van der Waals surface area contributed by atoms with E-state index in [0.717, 1.165) is 5.56 Å². The van der Waals surface area contributed by atoms with Crippen LogP contribution >= 0.6 is 0 Å². The van der Waals surface area contributed by atoms with E-state index in [1.165, 1.54) is 0 Å². The highest BCUT2D eigenvalue weighted by Gasteiger charge is 2.14. The van der Waals surface area contributed by atoms with Gasteiger partial charge in [-0.15, -0.1) is 6.58 Å². The van der Waals surface area contributed by atoms with Gasteiger partial charge in [0.25, 0.3) is 0 Å². The SMILES string of the molecule is C=CC[C@H](CC(=O)O)NC(=O)NCc1ccccc1. The van der Waals surface area contributed by atoms with Gasteiger partial charge in [-0.05, 0) is 12.0 Å². The second-order valence-corrected chi connectivity index (χ2v) is 4.13. The largest absolute Gasteiger partial charge is 0.481 e. The number of carboxylic acids is 1. The van der Waals surface area contributed by atoms with E-state index in [0.29, 0.717) is 13.0 Å². The summed E-state index contributed by atoms with van der Waals surface area (Å²) >= 11 is 0. The van der Waals surface area contributed by atoms with E-state index in [-0.39, 0.29) is 12.5 Å². The van der Waals surface area contributed by atoms with Crippen molar-refractivity contribution < 1.29 is 14.7 Å². The summed E-state index contributed by atoms with van der Waals surface area (Å²) < 4.78 is 0. The zero-order chi connectivity index (χ0) is 14.1. The number of carbonyl (C=O) groups is 2. The number of rotatable bonds is 7. The Hall–Kier alpha value is -2.30. The first-order valence-electron chi connectivity index (χ1n) is 6.02. The quantitative estimate of drug-likeness (QED) is 0.657. The molecule has 0 bridgehead atoms. The number of hydrogen-bond donors (Lipinski definition) is 3. The molecule has 0 radical (unpaired) electrons. The molecule has 1 aromatic carbocycles. The Morgan fingerprint density at radius 2 is 2.00 bits per heavy atom. The van der Waals surface area contributed by atoms with Gasteiger partial charge in [0.2, 0.25) is 0 Å². The molecule has 0 aliphatic rings. The molecule has 1 atom stereocenters. The Bertz CT molecular complexity index is 432. The molecule has 0 fully saturated rings. The van der Waals surface area contributed by atoms with Gasteiger partial charge in [0.15, 0.2) is 0 Å². The highest BCUT2D eigenvalue weighted by Crippen LogP contribution is 2.00. The topological polar surface area (TPSA) is 78.4 Å². The Labute approximate surface area is 112 Å². The summed E-state index contributed by atoms with van der Waals surface area (Å²) in [4.78, 5) is 22.3. The third-order valence-corrected chi connectivity index (χ3v) is 2.50. The van der Waals surface area contributed by atoms with Crippen molar-refractivity contribution in [1.82, 2.24) is 10.6 Å². The van der Waals surface area contributed by atoms with Crippen molar-refractivity contribution in [2.24, 2.45) is 0 Å². The summed E-state index contributed by atoms with van der Waals surface area (Å²) in [5.41, 5.74) is 0.983. The van der Waals surface area contributed by atoms with Gasteiger partial charge in [-0.25, -0.2) is 4.79 Å². The van der Waals surface area contributed by atoms with Crippen LogP contribution in [-0.2, 0) is 11.3 Å². The van der Waals surface area contributed by atoms with Gasteiger partial charge < -0.3 is 15.7 Å². The number of carboxylic acid groups (broad SMARTS) is 1. The van der Waals surface area contributed by atoms with Crippen molar-refractivity contribution in [1.29, 1.82) is 0 Å². The van der Waals surface area contributed by atoms with Gasteiger partial charge in [0, 0.05) is 12.6 Å². The predicted molar refractivity (Wildman–Crippen MR) is 72.7 cm³/mol. The molecule has 102 valence electrons. The Balaban J connectivity index is 2.39. The Morgan fingerprint density at radius 3 is 2.58 bits per heavy atom. The molecule has 0 unspecified atom stereocenters. The minimum atomic E-state index is -0.949. The van der Waals surface area contributed by atoms with Crippen LogP contribution in [0.3, 0.4) is 0 Å². The zero-order valence-corrected chi connectivity index (χ0v) is 10.6. The Morgan fingerprint density at radius 1 is 1.32 bits per heavy atom. The first-order valence-corrected chi connectivity index (χ1v) is 6.02. The number of nitrogens with one attached hydrogen (secondary N) is 2. The lowest BCUT2D eigenvalue weighted by atomic mass is 10.1. The first kappa shape index (κ1) is 14.8. The monoisotopic (exact) mass is 262 g/mol. The molecular weight excluding hydrogens is 244 g/mol. The van der Waals surface area contributed by atoms with E-state index in [1.54, 1.807) is 6.08 Å². The van der Waals surface area contributed by atoms with Crippen LogP contribution in [-0.4, -0.2) is 23.1 Å². The van der Waals surface area contributed by atoms with Crippen molar-refractivity contribution in [2.75, 3.05) is 0 Å². The lowest BCUT2D eigenvalue weighted by Gasteiger charge is -2.15. The lowest BCUT2D eigenvalue weighted by molar-refractivity contribution is -0.137. The highest BCUT2D eigenvalue weighted by molar-refractivity contribution is 5.75. The number of carbonyl (C=O) groups excluding carboxylic acids is 1. The minimum Gasteiger partial charge on any atom is -0.481 e. The van der Waals surface area contributed by atoms with Crippen molar-refractivity contribution in [3.63, 3.8) is 0 Å². The molecule has 0 spiro atoms. The minimum absolute atomic E-state index is 0.120. The van der Waals surface area contributed by atoms with Gasteiger partial charge in [-0.3, -0.25) is 4.79 Å². The fourth-order valence-electron chi connectivity index (χ4n) is 1.62. The molecule has 0 saturated heterocycles. The van der Waals surface area contributed by atoms with Crippen molar-refractivity contribution in [3.8, 4) is 0 Å². The fourth-order valence-corrected chi connectivity index (χ4v) is 1.62. The molecule has 1 rings (SSSR count). The van der Waals surface area contributed by atoms with Crippen LogP contribution < -0.4 is 10.6 Å². The van der Waals surface area contributed by atoms with Crippen LogP contribution in [0.25, 0.3) is 0 Å². The summed E-state index contributed by atoms with van der Waals surface area (Å²) in [5.74, 6) is -0.949.